The molecular weight excluding hydrogens is 495 g/mol. The second-order valence-electron chi connectivity index (χ2n) is 8.05. The summed E-state index contributed by atoms with van der Waals surface area (Å²) in [6.45, 7) is 2.81. The van der Waals surface area contributed by atoms with Crippen molar-refractivity contribution < 1.29 is 27.6 Å². The number of nitrogens with zero attached hydrogens (tertiary/aromatic N) is 2. The van der Waals surface area contributed by atoms with E-state index in [0.29, 0.717) is 35.9 Å². The van der Waals surface area contributed by atoms with Crippen LogP contribution in [-0.4, -0.2) is 27.8 Å². The van der Waals surface area contributed by atoms with Gasteiger partial charge in [-0.05, 0) is 53.4 Å². The molecule has 0 aliphatic carbocycles. The van der Waals surface area contributed by atoms with E-state index in [9.17, 15) is 18.0 Å². The fourth-order valence-corrected chi connectivity index (χ4v) is 3.62. The highest BCUT2D eigenvalue weighted by Crippen LogP contribution is 2.33. The lowest BCUT2D eigenvalue weighted by atomic mass is 9.97. The van der Waals surface area contributed by atoms with Gasteiger partial charge in [0.25, 0.3) is 5.89 Å². The maximum absolute atomic E-state index is 12.8. The van der Waals surface area contributed by atoms with Crippen molar-refractivity contribution in [1.82, 2.24) is 15.5 Å². The SMILES string of the molecule is Cc1cc(-c2nc(-c3ccc(CNCCC(=O)O)cc3)no2)ccc1-c1ccc(C(F)(F)F)cc1.Cl. The second kappa shape index (κ2) is 11.4. The van der Waals surface area contributed by atoms with Crippen LogP contribution in [0.5, 0.6) is 0 Å². The topological polar surface area (TPSA) is 88.2 Å². The van der Waals surface area contributed by atoms with Gasteiger partial charge in [0.1, 0.15) is 0 Å². The fraction of sp³-hybridized carbons (Fsp3) is 0.192. The molecular formula is C26H23ClF3N3O3. The van der Waals surface area contributed by atoms with E-state index < -0.39 is 17.7 Å². The first-order valence-corrected chi connectivity index (χ1v) is 10.8. The lowest BCUT2D eigenvalue weighted by Crippen LogP contribution is -2.17. The van der Waals surface area contributed by atoms with Crippen molar-refractivity contribution in [2.24, 2.45) is 0 Å². The number of aryl methyl sites for hydroxylation is 1. The predicted molar refractivity (Wildman–Crippen MR) is 132 cm³/mol. The summed E-state index contributed by atoms with van der Waals surface area (Å²) in [4.78, 5) is 15.0. The smallest absolute Gasteiger partial charge is 0.416 e. The maximum Gasteiger partial charge on any atom is 0.416 e. The molecule has 0 atom stereocenters. The Hall–Kier alpha value is -3.69. The number of rotatable bonds is 8. The summed E-state index contributed by atoms with van der Waals surface area (Å²) in [5.41, 5.74) is 4.15. The van der Waals surface area contributed by atoms with Gasteiger partial charge in [0.15, 0.2) is 0 Å². The molecule has 6 nitrogen and oxygen atoms in total. The number of hydrogen-bond acceptors (Lipinski definition) is 5. The van der Waals surface area contributed by atoms with Crippen molar-refractivity contribution in [3.8, 4) is 34.0 Å². The van der Waals surface area contributed by atoms with Crippen LogP contribution in [0.4, 0.5) is 13.2 Å². The summed E-state index contributed by atoms with van der Waals surface area (Å²) in [6, 6.07) is 18.1. The van der Waals surface area contributed by atoms with Crippen molar-refractivity contribution in [3.05, 3.63) is 83.4 Å². The third-order valence-electron chi connectivity index (χ3n) is 5.48. The molecule has 1 heterocycles. The zero-order valence-corrected chi connectivity index (χ0v) is 20.0. The predicted octanol–water partition coefficient (Wildman–Crippen LogP) is 6.38. The largest absolute Gasteiger partial charge is 0.481 e. The van der Waals surface area contributed by atoms with E-state index in [2.05, 4.69) is 15.5 Å². The quantitative estimate of drug-likeness (QED) is 0.263. The monoisotopic (exact) mass is 517 g/mol. The van der Waals surface area contributed by atoms with Crippen LogP contribution in [0, 0.1) is 6.92 Å². The lowest BCUT2D eigenvalue weighted by molar-refractivity contribution is -0.138. The zero-order valence-electron chi connectivity index (χ0n) is 19.2. The van der Waals surface area contributed by atoms with Gasteiger partial charge in [-0.25, -0.2) is 0 Å². The zero-order chi connectivity index (χ0) is 25.0. The Bertz CT molecular complexity index is 1320. The van der Waals surface area contributed by atoms with Gasteiger partial charge >= 0.3 is 12.1 Å². The van der Waals surface area contributed by atoms with Gasteiger partial charge in [0.2, 0.25) is 5.82 Å². The van der Waals surface area contributed by atoms with Crippen LogP contribution in [0.15, 0.2) is 71.3 Å². The third kappa shape index (κ3) is 6.50. The maximum atomic E-state index is 12.8. The minimum atomic E-state index is -4.37. The Labute approximate surface area is 211 Å². The Morgan fingerprint density at radius 3 is 2.22 bits per heavy atom. The van der Waals surface area contributed by atoms with Crippen molar-refractivity contribution in [2.75, 3.05) is 6.54 Å². The van der Waals surface area contributed by atoms with E-state index in [4.69, 9.17) is 9.63 Å². The Balaban J connectivity index is 0.00000361. The minimum Gasteiger partial charge on any atom is -0.481 e. The van der Waals surface area contributed by atoms with E-state index in [1.807, 2.05) is 43.3 Å². The van der Waals surface area contributed by atoms with Crippen LogP contribution in [-0.2, 0) is 17.5 Å². The minimum absolute atomic E-state index is 0. The van der Waals surface area contributed by atoms with Crippen molar-refractivity contribution in [2.45, 2.75) is 26.1 Å². The molecule has 2 N–H and O–H groups in total. The highest BCUT2D eigenvalue weighted by atomic mass is 35.5. The molecule has 0 unspecified atom stereocenters. The Kier molecular flexibility index (Phi) is 8.49. The molecule has 0 spiro atoms. The molecule has 4 aromatic rings. The van der Waals surface area contributed by atoms with E-state index in [1.54, 1.807) is 6.07 Å². The lowest BCUT2D eigenvalue weighted by Gasteiger charge is -2.10. The number of benzene rings is 3. The van der Waals surface area contributed by atoms with Crippen LogP contribution in [0.2, 0.25) is 0 Å². The highest BCUT2D eigenvalue weighted by Gasteiger charge is 2.30. The van der Waals surface area contributed by atoms with Crippen LogP contribution < -0.4 is 5.32 Å². The summed E-state index contributed by atoms with van der Waals surface area (Å²) in [7, 11) is 0. The van der Waals surface area contributed by atoms with Gasteiger partial charge in [0.05, 0.1) is 12.0 Å². The molecule has 10 heteroatoms. The standard InChI is InChI=1S/C26H22F3N3O3.ClH/c1-16-14-20(8-11-22(16)18-6-9-21(10-7-18)26(27,28)29)25-31-24(32-35-25)19-4-2-17(3-5-19)15-30-13-12-23(33)34;/h2-11,14,30H,12-13,15H2,1H3,(H,33,34);1H. The summed E-state index contributed by atoms with van der Waals surface area (Å²) in [6.07, 6.45) is -4.30. The summed E-state index contributed by atoms with van der Waals surface area (Å²) >= 11 is 0. The average molecular weight is 518 g/mol. The number of aliphatic carboxylic acids is 1. The molecule has 0 aliphatic rings. The number of nitrogens with one attached hydrogen (secondary N) is 1. The fourth-order valence-electron chi connectivity index (χ4n) is 3.62. The van der Waals surface area contributed by atoms with Crippen LogP contribution in [0.1, 0.15) is 23.1 Å². The third-order valence-corrected chi connectivity index (χ3v) is 5.48. The molecule has 0 saturated heterocycles. The van der Waals surface area contributed by atoms with E-state index >= 15 is 0 Å². The van der Waals surface area contributed by atoms with Crippen molar-refractivity contribution in [1.29, 1.82) is 0 Å². The van der Waals surface area contributed by atoms with Gasteiger partial charge < -0.3 is 14.9 Å². The first-order valence-electron chi connectivity index (χ1n) is 10.8. The van der Waals surface area contributed by atoms with Gasteiger partial charge in [-0.2, -0.15) is 18.2 Å². The molecule has 0 radical (unpaired) electrons. The second-order valence-corrected chi connectivity index (χ2v) is 8.05. The molecule has 188 valence electrons. The van der Waals surface area contributed by atoms with Crippen LogP contribution in [0.25, 0.3) is 34.0 Å². The first kappa shape index (κ1) is 26.9. The number of carbonyl (C=O) groups is 1. The molecule has 0 fully saturated rings. The normalized spacial score (nSPS) is 11.2. The summed E-state index contributed by atoms with van der Waals surface area (Å²) in [5.74, 6) is -0.0819. The number of halogens is 4. The summed E-state index contributed by atoms with van der Waals surface area (Å²) in [5, 5.41) is 15.8. The van der Waals surface area contributed by atoms with Crippen LogP contribution in [0.3, 0.4) is 0 Å². The molecule has 0 amide bonds. The van der Waals surface area contributed by atoms with E-state index in [0.717, 1.165) is 34.4 Å². The molecule has 1 aromatic heterocycles. The molecule has 0 bridgehead atoms. The van der Waals surface area contributed by atoms with E-state index in [-0.39, 0.29) is 18.8 Å². The Morgan fingerprint density at radius 2 is 1.61 bits per heavy atom. The van der Waals surface area contributed by atoms with Gasteiger partial charge in [-0.3, -0.25) is 4.79 Å². The van der Waals surface area contributed by atoms with Crippen LogP contribution >= 0.6 is 12.4 Å². The van der Waals surface area contributed by atoms with E-state index in [1.165, 1.54) is 12.1 Å². The molecule has 0 aliphatic heterocycles. The number of carboxylic acid groups (broad SMARTS) is 1. The number of aromatic nitrogens is 2. The van der Waals surface area contributed by atoms with Gasteiger partial charge in [-0.15, -0.1) is 12.4 Å². The van der Waals surface area contributed by atoms with Gasteiger partial charge in [0, 0.05) is 24.2 Å². The number of carboxylic acids is 1. The van der Waals surface area contributed by atoms with Gasteiger partial charge in [-0.1, -0.05) is 47.6 Å². The van der Waals surface area contributed by atoms with Crippen molar-refractivity contribution >= 4 is 18.4 Å². The Morgan fingerprint density at radius 1 is 0.972 bits per heavy atom. The number of alkyl halides is 3. The van der Waals surface area contributed by atoms with Crippen molar-refractivity contribution in [3.63, 3.8) is 0 Å². The summed E-state index contributed by atoms with van der Waals surface area (Å²) < 4.78 is 43.9. The molecule has 3 aromatic carbocycles. The molecule has 36 heavy (non-hydrogen) atoms. The average Bonchev–Trinajstić information content (AvgIpc) is 3.32. The highest BCUT2D eigenvalue weighted by molar-refractivity contribution is 5.85. The first-order chi connectivity index (χ1) is 16.7. The number of hydrogen-bond donors (Lipinski definition) is 2. The molecule has 4 rings (SSSR count). The molecule has 0 saturated carbocycles.